The number of hydrogen-bond acceptors (Lipinski definition) is 7. The zero-order valence-corrected chi connectivity index (χ0v) is 12.5. The maximum Gasteiger partial charge on any atom is 0.223 e. The minimum absolute atomic E-state index is 0.169. The quantitative estimate of drug-likeness (QED) is 0.339. The number of carbonyl (C=O) groups is 1. The van der Waals surface area contributed by atoms with E-state index in [0.29, 0.717) is 21.9 Å². The number of imidazole rings is 1. The lowest BCUT2D eigenvalue weighted by Crippen LogP contribution is -1.99. The minimum Gasteiger partial charge on any atom is -0.368 e. The molecule has 2 N–H and O–H groups in total. The molecule has 0 amide bonds. The maximum atomic E-state index is 11.9. The van der Waals surface area contributed by atoms with Crippen molar-refractivity contribution < 1.29 is 4.79 Å². The van der Waals surface area contributed by atoms with Gasteiger partial charge in [-0.3, -0.25) is 9.78 Å². The maximum absolute atomic E-state index is 11.9. The lowest BCUT2D eigenvalue weighted by atomic mass is 10.2. The van der Waals surface area contributed by atoms with E-state index in [1.165, 1.54) is 17.8 Å². The molecule has 0 radical (unpaired) electrons. The van der Waals surface area contributed by atoms with Crippen molar-refractivity contribution in [3.63, 3.8) is 0 Å². The van der Waals surface area contributed by atoms with E-state index < -0.39 is 0 Å². The van der Waals surface area contributed by atoms with Gasteiger partial charge in [0.25, 0.3) is 0 Å². The molecule has 3 aromatic rings. The van der Waals surface area contributed by atoms with Crippen LogP contribution in [0.1, 0.15) is 10.5 Å². The van der Waals surface area contributed by atoms with Crippen LogP contribution in [0.2, 0.25) is 0 Å². The minimum atomic E-state index is -0.174. The van der Waals surface area contributed by atoms with Crippen LogP contribution in [0.3, 0.4) is 0 Å². The molecule has 0 aliphatic carbocycles. The average Bonchev–Trinajstić information content (AvgIpc) is 2.89. The summed E-state index contributed by atoms with van der Waals surface area (Å²) in [5.74, 6) is -0.00422. The fourth-order valence-electron chi connectivity index (χ4n) is 1.83. The Balaban J connectivity index is 1.82. The summed E-state index contributed by atoms with van der Waals surface area (Å²) in [6.45, 7) is 0. The van der Waals surface area contributed by atoms with Gasteiger partial charge < -0.3 is 10.3 Å². The van der Waals surface area contributed by atoms with Gasteiger partial charge in [-0.15, -0.1) is 0 Å². The molecule has 0 aliphatic heterocycles. The molecule has 22 heavy (non-hydrogen) atoms. The second-order valence-electron chi connectivity index (χ2n) is 4.41. The largest absolute Gasteiger partial charge is 0.368 e. The van der Waals surface area contributed by atoms with E-state index in [-0.39, 0.29) is 11.7 Å². The molecular weight excluding hydrogens is 300 g/mol. The van der Waals surface area contributed by atoms with Crippen molar-refractivity contribution in [3.05, 3.63) is 47.9 Å². The third-order valence-electron chi connectivity index (χ3n) is 2.86. The van der Waals surface area contributed by atoms with Crippen LogP contribution in [0.4, 0.5) is 5.95 Å². The Bertz CT molecular complexity index is 858. The van der Waals surface area contributed by atoms with Crippen LogP contribution < -0.4 is 5.73 Å². The highest BCUT2D eigenvalue weighted by Gasteiger charge is 2.10. The van der Waals surface area contributed by atoms with E-state index in [9.17, 15) is 4.79 Å². The number of anilines is 1. The average molecular weight is 312 g/mol. The van der Waals surface area contributed by atoms with E-state index >= 15 is 0 Å². The standard InChI is InChI=1S/C14H12N6OS/c1-20-8-17-11-12(20)18-14(15)19-13(11)22-7-5-10(21)9-4-2-3-6-16-9/h2-8H,1H3,(H2,15,18,19)/b7-5+. The molecule has 0 aliphatic rings. The Morgan fingerprint density at radius 3 is 2.95 bits per heavy atom. The molecule has 3 aromatic heterocycles. The van der Waals surface area contributed by atoms with Crippen LogP contribution in [0, 0.1) is 0 Å². The summed E-state index contributed by atoms with van der Waals surface area (Å²) < 4.78 is 1.76. The number of aryl methyl sites for hydroxylation is 1. The molecule has 0 atom stereocenters. The zero-order chi connectivity index (χ0) is 15.5. The van der Waals surface area contributed by atoms with E-state index in [0.717, 1.165) is 0 Å². The van der Waals surface area contributed by atoms with Crippen LogP contribution in [0.5, 0.6) is 0 Å². The Hall–Kier alpha value is -2.74. The topological polar surface area (TPSA) is 99.6 Å². The van der Waals surface area contributed by atoms with Crippen LogP contribution in [0.25, 0.3) is 11.2 Å². The molecule has 7 nitrogen and oxygen atoms in total. The van der Waals surface area contributed by atoms with Gasteiger partial charge in [0, 0.05) is 13.2 Å². The molecule has 8 heteroatoms. The Labute approximate surface area is 130 Å². The number of nitrogens with two attached hydrogens (primary N) is 1. The van der Waals surface area contributed by atoms with E-state index in [1.54, 1.807) is 40.7 Å². The zero-order valence-electron chi connectivity index (χ0n) is 11.7. The van der Waals surface area contributed by atoms with Gasteiger partial charge in [-0.1, -0.05) is 17.8 Å². The number of rotatable bonds is 4. The molecule has 110 valence electrons. The molecular formula is C14H12N6OS. The van der Waals surface area contributed by atoms with Crippen molar-refractivity contribution in [2.75, 3.05) is 5.73 Å². The number of nitrogens with zero attached hydrogens (tertiary/aromatic N) is 5. The second-order valence-corrected chi connectivity index (χ2v) is 5.31. The predicted octanol–water partition coefficient (Wildman–Crippen LogP) is 1.83. The van der Waals surface area contributed by atoms with Gasteiger partial charge in [0.2, 0.25) is 11.7 Å². The number of ketones is 1. The normalized spacial score (nSPS) is 11.3. The van der Waals surface area contributed by atoms with Crippen LogP contribution in [0.15, 0.2) is 47.2 Å². The van der Waals surface area contributed by atoms with Crippen molar-refractivity contribution in [3.8, 4) is 0 Å². The van der Waals surface area contributed by atoms with Crippen LogP contribution >= 0.6 is 11.8 Å². The van der Waals surface area contributed by atoms with E-state index in [2.05, 4.69) is 19.9 Å². The highest BCUT2D eigenvalue weighted by molar-refractivity contribution is 8.02. The number of nitrogen functional groups attached to an aromatic ring is 1. The molecule has 0 saturated carbocycles. The summed E-state index contributed by atoms with van der Waals surface area (Å²) in [4.78, 5) is 28.5. The number of pyridine rings is 1. The molecule has 0 fully saturated rings. The third kappa shape index (κ3) is 2.82. The SMILES string of the molecule is Cn1cnc2c(S/C=C/C(=O)c3ccccn3)nc(N)nc21. The second kappa shape index (κ2) is 5.94. The molecule has 0 spiro atoms. The Kier molecular flexibility index (Phi) is 3.84. The Morgan fingerprint density at radius 1 is 1.32 bits per heavy atom. The first-order valence-corrected chi connectivity index (χ1v) is 7.26. The number of hydrogen-bond donors (Lipinski definition) is 1. The van der Waals surface area contributed by atoms with E-state index in [4.69, 9.17) is 5.73 Å². The summed E-state index contributed by atoms with van der Waals surface area (Å²) in [5, 5.41) is 2.25. The van der Waals surface area contributed by atoms with Crippen molar-refractivity contribution in [2.45, 2.75) is 5.03 Å². The fourth-order valence-corrected chi connectivity index (χ4v) is 2.56. The predicted molar refractivity (Wildman–Crippen MR) is 84.3 cm³/mol. The molecule has 3 heterocycles. The van der Waals surface area contributed by atoms with Crippen LogP contribution in [-0.4, -0.2) is 30.3 Å². The molecule has 0 bridgehead atoms. The van der Waals surface area contributed by atoms with Crippen molar-refractivity contribution in [1.82, 2.24) is 24.5 Å². The van der Waals surface area contributed by atoms with E-state index in [1.807, 2.05) is 7.05 Å². The number of thioether (sulfide) groups is 1. The molecule has 0 aromatic carbocycles. The van der Waals surface area contributed by atoms with Crippen molar-refractivity contribution in [1.29, 1.82) is 0 Å². The van der Waals surface area contributed by atoms with Gasteiger partial charge in [-0.25, -0.2) is 9.97 Å². The van der Waals surface area contributed by atoms with Gasteiger partial charge in [0.15, 0.2) is 5.65 Å². The van der Waals surface area contributed by atoms with Gasteiger partial charge in [-0.2, -0.15) is 4.98 Å². The van der Waals surface area contributed by atoms with Crippen LogP contribution in [-0.2, 0) is 7.05 Å². The highest BCUT2D eigenvalue weighted by Crippen LogP contribution is 2.25. The first-order chi connectivity index (χ1) is 10.6. The number of fused-ring (bicyclic) bond motifs is 1. The monoisotopic (exact) mass is 312 g/mol. The number of carbonyl (C=O) groups excluding carboxylic acids is 1. The lowest BCUT2D eigenvalue weighted by Gasteiger charge is -2.00. The fraction of sp³-hybridized carbons (Fsp3) is 0.0714. The number of aromatic nitrogens is 5. The Morgan fingerprint density at radius 2 is 2.18 bits per heavy atom. The van der Waals surface area contributed by atoms with Gasteiger partial charge in [0.1, 0.15) is 16.2 Å². The third-order valence-corrected chi connectivity index (χ3v) is 3.64. The first-order valence-electron chi connectivity index (χ1n) is 6.38. The smallest absolute Gasteiger partial charge is 0.223 e. The van der Waals surface area contributed by atoms with Gasteiger partial charge in [0.05, 0.1) is 6.33 Å². The van der Waals surface area contributed by atoms with Gasteiger partial charge >= 0.3 is 0 Å². The lowest BCUT2D eigenvalue weighted by molar-refractivity contribution is 0.104. The van der Waals surface area contributed by atoms with Crippen molar-refractivity contribution >= 4 is 34.7 Å². The summed E-state index contributed by atoms with van der Waals surface area (Å²) in [6, 6.07) is 5.19. The molecule has 3 rings (SSSR count). The van der Waals surface area contributed by atoms with Crippen molar-refractivity contribution in [2.24, 2.45) is 7.05 Å². The summed E-state index contributed by atoms with van der Waals surface area (Å²) in [6.07, 6.45) is 4.67. The summed E-state index contributed by atoms with van der Waals surface area (Å²) in [5.41, 5.74) is 7.39. The van der Waals surface area contributed by atoms with Gasteiger partial charge in [-0.05, 0) is 23.6 Å². The number of allylic oxidation sites excluding steroid dienone is 1. The first kappa shape index (κ1) is 14.2. The molecule has 0 saturated heterocycles. The summed E-state index contributed by atoms with van der Waals surface area (Å²) in [7, 11) is 1.83. The molecule has 0 unspecified atom stereocenters. The summed E-state index contributed by atoms with van der Waals surface area (Å²) >= 11 is 1.26. The highest BCUT2D eigenvalue weighted by atomic mass is 32.2.